The van der Waals surface area contributed by atoms with Gasteiger partial charge in [0.1, 0.15) is 0 Å². The van der Waals surface area contributed by atoms with Gasteiger partial charge in [0, 0.05) is 21.8 Å². The summed E-state index contributed by atoms with van der Waals surface area (Å²) in [6.45, 7) is 4.32. The summed E-state index contributed by atoms with van der Waals surface area (Å²) in [6, 6.07) is 4.44. The summed E-state index contributed by atoms with van der Waals surface area (Å²) in [5, 5.41) is 7.17. The molecule has 2 nitrogen and oxygen atoms in total. The Labute approximate surface area is 115 Å². The third-order valence-electron chi connectivity index (χ3n) is 4.22. The lowest BCUT2D eigenvalue weighted by molar-refractivity contribution is 0.228. The zero-order valence-corrected chi connectivity index (χ0v) is 12.5. The van der Waals surface area contributed by atoms with E-state index in [2.05, 4.69) is 36.7 Å². The van der Waals surface area contributed by atoms with Crippen molar-refractivity contribution in [2.45, 2.75) is 57.5 Å². The Kier molecular flexibility index (Phi) is 5.22. The van der Waals surface area contributed by atoms with Crippen molar-refractivity contribution in [2.24, 2.45) is 0 Å². The lowest BCUT2D eigenvalue weighted by Crippen LogP contribution is -2.46. The van der Waals surface area contributed by atoms with E-state index in [0.717, 1.165) is 13.1 Å². The van der Waals surface area contributed by atoms with Crippen molar-refractivity contribution in [3.05, 3.63) is 21.9 Å². The zero-order valence-electron chi connectivity index (χ0n) is 11.7. The summed E-state index contributed by atoms with van der Waals surface area (Å²) in [4.78, 5) is 2.86. The Bertz CT molecular complexity index is 353. The highest BCUT2D eigenvalue weighted by molar-refractivity contribution is 7.11. The highest BCUT2D eigenvalue weighted by Gasteiger charge is 2.29. The van der Waals surface area contributed by atoms with Crippen LogP contribution in [0.1, 0.15) is 48.3 Å². The van der Waals surface area contributed by atoms with E-state index in [0.29, 0.717) is 5.54 Å². The van der Waals surface area contributed by atoms with Gasteiger partial charge in [-0.25, -0.2) is 0 Å². The number of thiophene rings is 1. The molecular formula is C15H26N2S. The lowest BCUT2D eigenvalue weighted by Gasteiger charge is -2.37. The van der Waals surface area contributed by atoms with Crippen LogP contribution in [0.5, 0.6) is 0 Å². The van der Waals surface area contributed by atoms with Gasteiger partial charge >= 0.3 is 0 Å². The first-order chi connectivity index (χ1) is 8.74. The highest BCUT2D eigenvalue weighted by atomic mass is 32.1. The lowest BCUT2D eigenvalue weighted by atomic mass is 9.79. The van der Waals surface area contributed by atoms with E-state index in [1.165, 1.54) is 48.3 Å². The number of hydrogen-bond acceptors (Lipinski definition) is 3. The maximum absolute atomic E-state index is 3.59. The minimum atomic E-state index is 0.413. The van der Waals surface area contributed by atoms with E-state index in [1.54, 1.807) is 0 Å². The van der Waals surface area contributed by atoms with Crippen LogP contribution >= 0.6 is 11.3 Å². The molecule has 1 aliphatic rings. The smallest absolute Gasteiger partial charge is 0.0299 e. The monoisotopic (exact) mass is 266 g/mol. The third-order valence-corrected chi connectivity index (χ3v) is 5.22. The van der Waals surface area contributed by atoms with E-state index in [1.807, 2.05) is 11.3 Å². The van der Waals surface area contributed by atoms with Crippen LogP contribution in [0.25, 0.3) is 0 Å². The molecule has 1 aromatic heterocycles. The molecule has 0 amide bonds. The molecule has 0 spiro atoms. The molecule has 3 heteroatoms. The van der Waals surface area contributed by atoms with Crippen LogP contribution in [0.2, 0.25) is 0 Å². The molecule has 2 N–H and O–H groups in total. The van der Waals surface area contributed by atoms with E-state index >= 15 is 0 Å². The molecule has 1 heterocycles. The number of rotatable bonds is 6. The minimum absolute atomic E-state index is 0.413. The summed E-state index contributed by atoms with van der Waals surface area (Å²) in [5.41, 5.74) is 0.413. The van der Waals surface area contributed by atoms with Crippen LogP contribution in [0.15, 0.2) is 12.1 Å². The van der Waals surface area contributed by atoms with Crippen molar-refractivity contribution in [2.75, 3.05) is 13.6 Å². The molecule has 1 aliphatic carbocycles. The quantitative estimate of drug-likeness (QED) is 0.771. The van der Waals surface area contributed by atoms with E-state index in [-0.39, 0.29) is 0 Å². The number of nitrogens with one attached hydrogen (secondary N) is 2. The molecule has 0 aliphatic heterocycles. The van der Waals surface area contributed by atoms with Gasteiger partial charge in [-0.3, -0.25) is 0 Å². The topological polar surface area (TPSA) is 24.1 Å². The van der Waals surface area contributed by atoms with Crippen molar-refractivity contribution in [1.82, 2.24) is 10.6 Å². The first-order valence-corrected chi connectivity index (χ1v) is 8.01. The first-order valence-electron chi connectivity index (χ1n) is 7.19. The third kappa shape index (κ3) is 3.81. The minimum Gasteiger partial charge on any atom is -0.314 e. The molecule has 0 radical (unpaired) electrons. The van der Waals surface area contributed by atoms with Crippen molar-refractivity contribution in [3.63, 3.8) is 0 Å². The average Bonchev–Trinajstić information content (AvgIpc) is 2.82. The van der Waals surface area contributed by atoms with Crippen LogP contribution in [-0.4, -0.2) is 19.1 Å². The van der Waals surface area contributed by atoms with Crippen molar-refractivity contribution in [3.8, 4) is 0 Å². The van der Waals surface area contributed by atoms with E-state index in [9.17, 15) is 0 Å². The van der Waals surface area contributed by atoms with Gasteiger partial charge in [0.05, 0.1) is 0 Å². The largest absolute Gasteiger partial charge is 0.314 e. The second kappa shape index (κ2) is 6.69. The van der Waals surface area contributed by atoms with Gasteiger partial charge in [-0.05, 0) is 51.9 Å². The second-order valence-corrected chi connectivity index (χ2v) is 6.90. The van der Waals surface area contributed by atoms with Crippen molar-refractivity contribution < 1.29 is 0 Å². The molecule has 1 fully saturated rings. The van der Waals surface area contributed by atoms with Crippen LogP contribution in [0.3, 0.4) is 0 Å². The Hall–Kier alpha value is -0.380. The SMILES string of the molecule is CNC1(CCNCc2ccc(C)s2)CCCCC1. The molecule has 1 saturated carbocycles. The van der Waals surface area contributed by atoms with Crippen LogP contribution in [0, 0.1) is 6.92 Å². The Morgan fingerprint density at radius 2 is 2.00 bits per heavy atom. The fourth-order valence-corrected chi connectivity index (χ4v) is 3.83. The predicted octanol–water partition coefficient (Wildman–Crippen LogP) is 3.46. The van der Waals surface area contributed by atoms with E-state index < -0.39 is 0 Å². The normalized spacial score (nSPS) is 19.0. The summed E-state index contributed by atoms with van der Waals surface area (Å²) in [5.74, 6) is 0. The summed E-state index contributed by atoms with van der Waals surface area (Å²) in [6.07, 6.45) is 8.17. The standard InChI is InChI=1S/C15H26N2S/c1-13-6-7-14(18-13)12-17-11-10-15(16-2)8-4-3-5-9-15/h6-7,16-17H,3-5,8-12H2,1-2H3. The number of hydrogen-bond donors (Lipinski definition) is 2. The highest BCUT2D eigenvalue weighted by Crippen LogP contribution is 2.30. The fraction of sp³-hybridized carbons (Fsp3) is 0.733. The fourth-order valence-electron chi connectivity index (χ4n) is 2.97. The Morgan fingerprint density at radius 3 is 2.61 bits per heavy atom. The van der Waals surface area contributed by atoms with Gasteiger partial charge in [-0.1, -0.05) is 19.3 Å². The van der Waals surface area contributed by atoms with Crippen LogP contribution in [-0.2, 0) is 6.54 Å². The molecule has 0 saturated heterocycles. The molecule has 18 heavy (non-hydrogen) atoms. The first kappa shape index (κ1) is 14.0. The molecule has 0 bridgehead atoms. The van der Waals surface area contributed by atoms with Gasteiger partial charge in [-0.15, -0.1) is 11.3 Å². The summed E-state index contributed by atoms with van der Waals surface area (Å²) < 4.78 is 0. The van der Waals surface area contributed by atoms with Crippen LogP contribution in [0.4, 0.5) is 0 Å². The van der Waals surface area contributed by atoms with Crippen molar-refractivity contribution in [1.29, 1.82) is 0 Å². The second-order valence-electron chi connectivity index (χ2n) is 5.53. The molecule has 2 rings (SSSR count). The summed E-state index contributed by atoms with van der Waals surface area (Å²) in [7, 11) is 2.13. The maximum atomic E-state index is 3.59. The predicted molar refractivity (Wildman–Crippen MR) is 80.3 cm³/mol. The summed E-state index contributed by atoms with van der Waals surface area (Å²) >= 11 is 1.90. The average molecular weight is 266 g/mol. The van der Waals surface area contributed by atoms with Gasteiger partial charge in [-0.2, -0.15) is 0 Å². The molecule has 102 valence electrons. The van der Waals surface area contributed by atoms with Crippen LogP contribution < -0.4 is 10.6 Å². The Balaban J connectivity index is 1.70. The van der Waals surface area contributed by atoms with Gasteiger partial charge < -0.3 is 10.6 Å². The van der Waals surface area contributed by atoms with Crippen molar-refractivity contribution >= 4 is 11.3 Å². The molecule has 0 aromatic carbocycles. The zero-order chi connectivity index (χ0) is 12.8. The van der Waals surface area contributed by atoms with Gasteiger partial charge in [0.2, 0.25) is 0 Å². The molecule has 1 aromatic rings. The maximum Gasteiger partial charge on any atom is 0.0299 e. The molecule has 0 unspecified atom stereocenters. The van der Waals surface area contributed by atoms with Gasteiger partial charge in [0.25, 0.3) is 0 Å². The number of aryl methyl sites for hydroxylation is 1. The molecular weight excluding hydrogens is 240 g/mol. The molecule has 0 atom stereocenters. The van der Waals surface area contributed by atoms with E-state index in [4.69, 9.17) is 0 Å². The van der Waals surface area contributed by atoms with Gasteiger partial charge in [0.15, 0.2) is 0 Å². The Morgan fingerprint density at radius 1 is 1.22 bits per heavy atom.